The maximum Gasteiger partial charge on any atom is 0.321 e. The van der Waals surface area contributed by atoms with Crippen LogP contribution in [0.15, 0.2) is 42.5 Å². The molecule has 132 valence electrons. The van der Waals surface area contributed by atoms with Gasteiger partial charge >= 0.3 is 6.03 Å². The minimum absolute atomic E-state index is 0.116. The van der Waals surface area contributed by atoms with Crippen molar-refractivity contribution in [3.05, 3.63) is 52.5 Å². The van der Waals surface area contributed by atoms with Gasteiger partial charge in [-0.3, -0.25) is 0 Å². The number of carbonyl (C=O) groups excluding carboxylic acids is 1. The van der Waals surface area contributed by atoms with Crippen molar-refractivity contribution in [3.8, 4) is 5.75 Å². The van der Waals surface area contributed by atoms with Crippen molar-refractivity contribution in [1.82, 2.24) is 4.90 Å². The molecule has 25 heavy (non-hydrogen) atoms. The fourth-order valence-corrected chi connectivity index (χ4v) is 3.32. The van der Waals surface area contributed by atoms with Crippen LogP contribution in [-0.2, 0) is 0 Å². The Morgan fingerprint density at radius 3 is 2.52 bits per heavy atom. The van der Waals surface area contributed by atoms with Gasteiger partial charge in [-0.25, -0.2) is 4.79 Å². The third kappa shape index (κ3) is 4.30. The second kappa shape index (κ2) is 7.85. The zero-order valence-electron chi connectivity index (χ0n) is 13.8. The summed E-state index contributed by atoms with van der Waals surface area (Å²) in [7, 11) is 1.60. The number of benzene rings is 2. The predicted octanol–water partition coefficient (Wildman–Crippen LogP) is 4.36. The molecule has 1 fully saturated rings. The molecule has 1 heterocycles. The maximum atomic E-state index is 12.4. The van der Waals surface area contributed by atoms with Crippen LogP contribution in [0.2, 0.25) is 10.0 Å². The number of methoxy groups -OCH3 is 1. The van der Waals surface area contributed by atoms with Crippen molar-refractivity contribution >= 4 is 40.6 Å². The Morgan fingerprint density at radius 1 is 1.08 bits per heavy atom. The van der Waals surface area contributed by atoms with Gasteiger partial charge in [0.2, 0.25) is 0 Å². The fraction of sp³-hybridized carbons (Fsp3) is 0.278. The zero-order chi connectivity index (χ0) is 17.8. The summed E-state index contributed by atoms with van der Waals surface area (Å²) in [6.07, 6.45) is 0. The Kier molecular flexibility index (Phi) is 5.56. The van der Waals surface area contributed by atoms with Gasteiger partial charge in [-0.1, -0.05) is 29.3 Å². The van der Waals surface area contributed by atoms with Crippen LogP contribution < -0.4 is 15.0 Å². The Labute approximate surface area is 157 Å². The molecule has 1 aliphatic heterocycles. The van der Waals surface area contributed by atoms with Gasteiger partial charge < -0.3 is 19.9 Å². The number of carbonyl (C=O) groups is 1. The standard InChI is InChI=1S/C18H19Cl2N3O2/c1-25-15-4-2-3-14(12-15)21-18(24)23-9-7-22(8-10-23)17-6-5-13(19)11-16(17)20/h2-6,11-12H,7-10H2,1H3,(H,21,24). The molecule has 7 heteroatoms. The summed E-state index contributed by atoms with van der Waals surface area (Å²) in [6, 6.07) is 12.7. The van der Waals surface area contributed by atoms with E-state index in [2.05, 4.69) is 10.2 Å². The van der Waals surface area contributed by atoms with Crippen LogP contribution in [0.25, 0.3) is 0 Å². The first-order valence-electron chi connectivity index (χ1n) is 7.97. The number of piperazine rings is 1. The van der Waals surface area contributed by atoms with Gasteiger partial charge in [0.1, 0.15) is 5.75 Å². The van der Waals surface area contributed by atoms with Crippen molar-refractivity contribution in [1.29, 1.82) is 0 Å². The Bertz CT molecular complexity index is 762. The molecule has 1 aliphatic rings. The Morgan fingerprint density at radius 2 is 1.84 bits per heavy atom. The summed E-state index contributed by atoms with van der Waals surface area (Å²) in [6.45, 7) is 2.67. The van der Waals surface area contributed by atoms with E-state index in [0.29, 0.717) is 47.7 Å². The smallest absolute Gasteiger partial charge is 0.321 e. The van der Waals surface area contributed by atoms with Crippen LogP contribution in [-0.4, -0.2) is 44.2 Å². The van der Waals surface area contributed by atoms with E-state index >= 15 is 0 Å². The zero-order valence-corrected chi connectivity index (χ0v) is 15.3. The number of rotatable bonds is 3. The Balaban J connectivity index is 1.58. The molecule has 0 saturated carbocycles. The van der Waals surface area contributed by atoms with Crippen molar-refractivity contribution in [2.75, 3.05) is 43.5 Å². The highest BCUT2D eigenvalue weighted by atomic mass is 35.5. The molecule has 0 aliphatic carbocycles. The number of amides is 2. The topological polar surface area (TPSA) is 44.8 Å². The van der Waals surface area contributed by atoms with Gasteiger partial charge in [-0.05, 0) is 30.3 Å². The maximum absolute atomic E-state index is 12.4. The number of anilines is 2. The molecule has 0 aromatic heterocycles. The summed E-state index contributed by atoms with van der Waals surface area (Å²) in [5, 5.41) is 4.15. The molecule has 5 nitrogen and oxygen atoms in total. The second-order valence-electron chi connectivity index (χ2n) is 5.73. The van der Waals surface area contributed by atoms with E-state index in [4.69, 9.17) is 27.9 Å². The second-order valence-corrected chi connectivity index (χ2v) is 6.58. The first-order chi connectivity index (χ1) is 12.1. The Hall–Kier alpha value is -2.11. The number of urea groups is 1. The summed E-state index contributed by atoms with van der Waals surface area (Å²) in [4.78, 5) is 16.4. The van der Waals surface area contributed by atoms with E-state index in [1.54, 1.807) is 24.1 Å². The van der Waals surface area contributed by atoms with E-state index in [9.17, 15) is 4.79 Å². The van der Waals surface area contributed by atoms with Crippen LogP contribution in [0.1, 0.15) is 0 Å². The number of nitrogens with zero attached hydrogens (tertiary/aromatic N) is 2. The van der Waals surface area contributed by atoms with Gasteiger partial charge in [0.05, 0.1) is 17.8 Å². The first-order valence-corrected chi connectivity index (χ1v) is 8.72. The average molecular weight is 380 g/mol. The molecule has 1 N–H and O–H groups in total. The van der Waals surface area contributed by atoms with E-state index in [1.807, 2.05) is 30.3 Å². The molecule has 0 unspecified atom stereocenters. The molecule has 1 saturated heterocycles. The summed E-state index contributed by atoms with van der Waals surface area (Å²) in [5.41, 5.74) is 1.66. The largest absolute Gasteiger partial charge is 0.497 e. The number of hydrogen-bond donors (Lipinski definition) is 1. The monoisotopic (exact) mass is 379 g/mol. The SMILES string of the molecule is COc1cccc(NC(=O)N2CCN(c3ccc(Cl)cc3Cl)CC2)c1. The lowest BCUT2D eigenvalue weighted by atomic mass is 10.2. The van der Waals surface area contributed by atoms with Crippen LogP contribution in [0.4, 0.5) is 16.2 Å². The van der Waals surface area contributed by atoms with Crippen LogP contribution in [0.3, 0.4) is 0 Å². The van der Waals surface area contributed by atoms with E-state index < -0.39 is 0 Å². The van der Waals surface area contributed by atoms with Crippen LogP contribution >= 0.6 is 23.2 Å². The normalized spacial score (nSPS) is 14.4. The first kappa shape index (κ1) is 17.7. The molecular formula is C18H19Cl2N3O2. The molecule has 0 bridgehead atoms. The number of hydrogen-bond acceptors (Lipinski definition) is 3. The van der Waals surface area contributed by atoms with Crippen molar-refractivity contribution in [2.45, 2.75) is 0 Å². The number of halogens is 2. The molecule has 2 amide bonds. The highest BCUT2D eigenvalue weighted by Gasteiger charge is 2.22. The third-order valence-electron chi connectivity index (χ3n) is 4.14. The summed E-state index contributed by atoms with van der Waals surface area (Å²) < 4.78 is 5.17. The van der Waals surface area contributed by atoms with Gasteiger partial charge in [-0.15, -0.1) is 0 Å². The molecular weight excluding hydrogens is 361 g/mol. The van der Waals surface area contributed by atoms with E-state index in [0.717, 1.165) is 5.69 Å². The van der Waals surface area contributed by atoms with E-state index in [1.165, 1.54) is 0 Å². The van der Waals surface area contributed by atoms with Crippen molar-refractivity contribution in [3.63, 3.8) is 0 Å². The molecule has 0 atom stereocenters. The fourth-order valence-electron chi connectivity index (χ4n) is 2.79. The van der Waals surface area contributed by atoms with Gasteiger partial charge in [-0.2, -0.15) is 0 Å². The van der Waals surface area contributed by atoms with Crippen molar-refractivity contribution < 1.29 is 9.53 Å². The van der Waals surface area contributed by atoms with Crippen LogP contribution in [0, 0.1) is 0 Å². The lowest BCUT2D eigenvalue weighted by Crippen LogP contribution is -2.50. The van der Waals surface area contributed by atoms with Crippen LogP contribution in [0.5, 0.6) is 5.75 Å². The molecule has 0 spiro atoms. The average Bonchev–Trinajstić information content (AvgIpc) is 2.62. The van der Waals surface area contributed by atoms with Gasteiger partial charge in [0.25, 0.3) is 0 Å². The third-order valence-corrected chi connectivity index (χ3v) is 4.68. The minimum Gasteiger partial charge on any atom is -0.497 e. The highest BCUT2D eigenvalue weighted by Crippen LogP contribution is 2.29. The lowest BCUT2D eigenvalue weighted by Gasteiger charge is -2.36. The number of ether oxygens (including phenoxy) is 1. The highest BCUT2D eigenvalue weighted by molar-refractivity contribution is 6.36. The predicted molar refractivity (Wildman–Crippen MR) is 102 cm³/mol. The molecule has 0 radical (unpaired) electrons. The summed E-state index contributed by atoms with van der Waals surface area (Å²) >= 11 is 12.2. The van der Waals surface area contributed by atoms with Gasteiger partial charge in [0, 0.05) is 43.0 Å². The molecule has 2 aromatic rings. The van der Waals surface area contributed by atoms with Crippen molar-refractivity contribution in [2.24, 2.45) is 0 Å². The lowest BCUT2D eigenvalue weighted by molar-refractivity contribution is 0.208. The van der Waals surface area contributed by atoms with Gasteiger partial charge in [0.15, 0.2) is 0 Å². The molecule has 2 aromatic carbocycles. The quantitative estimate of drug-likeness (QED) is 0.861. The minimum atomic E-state index is -0.116. The molecule has 3 rings (SSSR count). The van der Waals surface area contributed by atoms with E-state index in [-0.39, 0.29) is 6.03 Å². The number of nitrogens with one attached hydrogen (secondary N) is 1. The summed E-state index contributed by atoms with van der Waals surface area (Å²) in [5.74, 6) is 0.708.